The third kappa shape index (κ3) is 2.65. The standard InChI is InChI=1S/C15H10BrN3O2S/c16-14-4-3-13(22-14)10-5-6-17-15(19-10)18-9-1-2-11-12(7-9)21-8-20-11/h1-7H,8H2,(H,17,18,19). The van der Waals surface area contributed by atoms with Crippen LogP contribution in [0, 0.1) is 0 Å². The molecule has 1 aliphatic rings. The van der Waals surface area contributed by atoms with Gasteiger partial charge in [-0.3, -0.25) is 0 Å². The van der Waals surface area contributed by atoms with Crippen molar-refractivity contribution < 1.29 is 9.47 Å². The molecule has 0 saturated heterocycles. The van der Waals surface area contributed by atoms with Gasteiger partial charge < -0.3 is 14.8 Å². The molecule has 0 fully saturated rings. The molecule has 1 aromatic carbocycles. The van der Waals surface area contributed by atoms with E-state index < -0.39 is 0 Å². The van der Waals surface area contributed by atoms with E-state index in [1.807, 2.05) is 36.4 Å². The van der Waals surface area contributed by atoms with Gasteiger partial charge in [-0.1, -0.05) is 0 Å². The van der Waals surface area contributed by atoms with Gasteiger partial charge in [-0.2, -0.15) is 0 Å². The number of hydrogen-bond donors (Lipinski definition) is 1. The van der Waals surface area contributed by atoms with Gasteiger partial charge in [0.05, 0.1) is 14.4 Å². The summed E-state index contributed by atoms with van der Waals surface area (Å²) in [6.45, 7) is 0.262. The van der Waals surface area contributed by atoms with E-state index in [-0.39, 0.29) is 6.79 Å². The Bertz CT molecular complexity index is 837. The van der Waals surface area contributed by atoms with Gasteiger partial charge in [0, 0.05) is 18.0 Å². The van der Waals surface area contributed by atoms with E-state index in [0.717, 1.165) is 31.5 Å². The fraction of sp³-hybridized carbons (Fsp3) is 0.0667. The molecule has 4 rings (SSSR count). The van der Waals surface area contributed by atoms with E-state index in [0.29, 0.717) is 5.95 Å². The number of benzene rings is 1. The summed E-state index contributed by atoms with van der Waals surface area (Å²) in [5.41, 5.74) is 1.74. The Morgan fingerprint density at radius 2 is 2.00 bits per heavy atom. The monoisotopic (exact) mass is 375 g/mol. The topological polar surface area (TPSA) is 56.3 Å². The van der Waals surface area contributed by atoms with Crippen molar-refractivity contribution in [1.29, 1.82) is 0 Å². The minimum absolute atomic E-state index is 0.262. The maximum absolute atomic E-state index is 5.37. The Labute approximate surface area is 139 Å². The summed E-state index contributed by atoms with van der Waals surface area (Å²) in [4.78, 5) is 9.89. The van der Waals surface area contributed by atoms with E-state index in [4.69, 9.17) is 9.47 Å². The van der Waals surface area contributed by atoms with Crippen LogP contribution >= 0.6 is 27.3 Å². The number of anilines is 2. The van der Waals surface area contributed by atoms with E-state index in [9.17, 15) is 0 Å². The van der Waals surface area contributed by atoms with E-state index in [2.05, 4.69) is 31.2 Å². The average molecular weight is 376 g/mol. The molecule has 3 aromatic rings. The van der Waals surface area contributed by atoms with Crippen molar-refractivity contribution in [2.45, 2.75) is 0 Å². The van der Waals surface area contributed by atoms with E-state index in [1.165, 1.54) is 0 Å². The number of thiophene rings is 1. The molecule has 0 atom stereocenters. The van der Waals surface area contributed by atoms with E-state index >= 15 is 0 Å². The zero-order valence-electron chi connectivity index (χ0n) is 11.2. The fourth-order valence-corrected chi connectivity index (χ4v) is 3.47. The predicted molar refractivity (Wildman–Crippen MR) is 88.9 cm³/mol. The number of hydrogen-bond acceptors (Lipinski definition) is 6. The van der Waals surface area contributed by atoms with Gasteiger partial charge in [-0.25, -0.2) is 9.97 Å². The zero-order valence-corrected chi connectivity index (χ0v) is 13.6. The summed E-state index contributed by atoms with van der Waals surface area (Å²) >= 11 is 5.10. The second-order valence-electron chi connectivity index (χ2n) is 4.56. The van der Waals surface area contributed by atoms with Crippen LogP contribution in [0.4, 0.5) is 11.6 Å². The molecule has 0 amide bonds. The molecule has 110 valence electrons. The van der Waals surface area contributed by atoms with Crippen LogP contribution < -0.4 is 14.8 Å². The van der Waals surface area contributed by atoms with Crippen molar-refractivity contribution in [3.8, 4) is 22.1 Å². The lowest BCUT2D eigenvalue weighted by atomic mass is 10.3. The highest BCUT2D eigenvalue weighted by atomic mass is 79.9. The highest BCUT2D eigenvalue weighted by molar-refractivity contribution is 9.11. The van der Waals surface area contributed by atoms with Crippen LogP contribution in [0.25, 0.3) is 10.6 Å². The first kappa shape index (κ1) is 13.5. The summed E-state index contributed by atoms with van der Waals surface area (Å²) in [5.74, 6) is 2.02. The molecule has 1 aliphatic heterocycles. The van der Waals surface area contributed by atoms with Gasteiger partial charge in [0.25, 0.3) is 0 Å². The number of halogens is 1. The molecule has 3 heterocycles. The second-order valence-corrected chi connectivity index (χ2v) is 7.03. The molecule has 0 aliphatic carbocycles. The molecule has 0 unspecified atom stereocenters. The molecule has 0 saturated carbocycles. The summed E-state index contributed by atoms with van der Waals surface area (Å²) in [5, 5.41) is 3.19. The van der Waals surface area contributed by atoms with Crippen molar-refractivity contribution in [2.24, 2.45) is 0 Å². The first-order valence-electron chi connectivity index (χ1n) is 6.53. The van der Waals surface area contributed by atoms with Crippen molar-refractivity contribution in [3.05, 3.63) is 46.4 Å². The minimum Gasteiger partial charge on any atom is -0.454 e. The minimum atomic E-state index is 0.262. The Hall–Kier alpha value is -2.12. The van der Waals surface area contributed by atoms with Crippen molar-refractivity contribution in [2.75, 3.05) is 12.1 Å². The summed E-state index contributed by atoms with van der Waals surface area (Å²) < 4.78 is 11.7. The number of rotatable bonds is 3. The number of fused-ring (bicyclic) bond motifs is 1. The van der Waals surface area contributed by atoms with Crippen LogP contribution in [0.1, 0.15) is 0 Å². The van der Waals surface area contributed by atoms with Crippen molar-refractivity contribution in [1.82, 2.24) is 9.97 Å². The first-order valence-corrected chi connectivity index (χ1v) is 8.14. The first-order chi connectivity index (χ1) is 10.8. The Morgan fingerprint density at radius 1 is 1.09 bits per heavy atom. The van der Waals surface area contributed by atoms with Gasteiger partial charge in [0.2, 0.25) is 12.7 Å². The fourth-order valence-electron chi connectivity index (χ4n) is 2.11. The van der Waals surface area contributed by atoms with Crippen LogP contribution in [-0.4, -0.2) is 16.8 Å². The predicted octanol–water partition coefficient (Wildman–Crippen LogP) is 4.44. The molecule has 1 N–H and O–H groups in total. The zero-order chi connectivity index (χ0) is 14.9. The highest BCUT2D eigenvalue weighted by Crippen LogP contribution is 2.35. The van der Waals surface area contributed by atoms with Gasteiger partial charge >= 0.3 is 0 Å². The van der Waals surface area contributed by atoms with Crippen molar-refractivity contribution >= 4 is 38.9 Å². The average Bonchev–Trinajstić information content (AvgIpc) is 3.16. The molecular formula is C15H10BrN3O2S. The SMILES string of the molecule is Brc1ccc(-c2ccnc(Nc3ccc4c(c3)OCO4)n2)s1. The van der Waals surface area contributed by atoms with Gasteiger partial charge in [0.15, 0.2) is 11.5 Å². The van der Waals surface area contributed by atoms with Crippen LogP contribution in [0.2, 0.25) is 0 Å². The van der Waals surface area contributed by atoms with Gasteiger partial charge in [-0.05, 0) is 46.3 Å². The summed E-state index contributed by atoms with van der Waals surface area (Å²) in [7, 11) is 0. The normalized spacial score (nSPS) is 12.4. The number of nitrogens with zero attached hydrogens (tertiary/aromatic N) is 2. The lowest BCUT2D eigenvalue weighted by molar-refractivity contribution is 0.174. The lowest BCUT2D eigenvalue weighted by Crippen LogP contribution is -1.97. The third-order valence-corrected chi connectivity index (χ3v) is 4.76. The van der Waals surface area contributed by atoms with Crippen LogP contribution in [0.3, 0.4) is 0 Å². The van der Waals surface area contributed by atoms with Crippen LogP contribution in [0.15, 0.2) is 46.4 Å². The Kier molecular flexibility index (Phi) is 3.44. The van der Waals surface area contributed by atoms with Crippen molar-refractivity contribution in [3.63, 3.8) is 0 Å². The number of aromatic nitrogens is 2. The maximum Gasteiger partial charge on any atom is 0.231 e. The Balaban J connectivity index is 1.61. The quantitative estimate of drug-likeness (QED) is 0.733. The largest absolute Gasteiger partial charge is 0.454 e. The highest BCUT2D eigenvalue weighted by Gasteiger charge is 2.13. The maximum atomic E-state index is 5.37. The molecule has 0 spiro atoms. The molecule has 22 heavy (non-hydrogen) atoms. The van der Waals surface area contributed by atoms with Gasteiger partial charge in [0.1, 0.15) is 0 Å². The number of ether oxygens (including phenoxy) is 2. The third-order valence-electron chi connectivity index (χ3n) is 3.11. The van der Waals surface area contributed by atoms with Crippen LogP contribution in [-0.2, 0) is 0 Å². The molecule has 0 bridgehead atoms. The lowest BCUT2D eigenvalue weighted by Gasteiger charge is -2.06. The van der Waals surface area contributed by atoms with E-state index in [1.54, 1.807) is 17.5 Å². The Morgan fingerprint density at radius 3 is 2.86 bits per heavy atom. The van der Waals surface area contributed by atoms with Gasteiger partial charge in [-0.15, -0.1) is 11.3 Å². The summed E-state index contributed by atoms with van der Waals surface area (Å²) in [6.07, 6.45) is 1.74. The molecule has 7 heteroatoms. The molecule has 5 nitrogen and oxygen atoms in total. The smallest absolute Gasteiger partial charge is 0.231 e. The number of nitrogens with one attached hydrogen (secondary N) is 1. The molecular weight excluding hydrogens is 366 g/mol. The molecule has 2 aromatic heterocycles. The molecule has 0 radical (unpaired) electrons. The summed E-state index contributed by atoms with van der Waals surface area (Å²) in [6, 6.07) is 11.6. The van der Waals surface area contributed by atoms with Crippen LogP contribution in [0.5, 0.6) is 11.5 Å². The second kappa shape index (κ2) is 5.58.